The summed E-state index contributed by atoms with van der Waals surface area (Å²) in [7, 11) is 0. The lowest BCUT2D eigenvalue weighted by atomic mass is 10.2. The van der Waals surface area contributed by atoms with Crippen LogP contribution in [-0.4, -0.2) is 27.1 Å². The van der Waals surface area contributed by atoms with Gasteiger partial charge in [-0.2, -0.15) is 0 Å². The largest absolute Gasteiger partial charge is 0.508 e. The summed E-state index contributed by atoms with van der Waals surface area (Å²) in [5.41, 5.74) is 1.42. The Morgan fingerprint density at radius 1 is 0.926 bits per heavy atom. The second-order valence-electron chi connectivity index (χ2n) is 5.50. The van der Waals surface area contributed by atoms with Gasteiger partial charge in [-0.05, 0) is 42.5 Å². The molecule has 2 amide bonds. The van der Waals surface area contributed by atoms with Crippen molar-refractivity contribution in [2.24, 2.45) is 10.2 Å². The molecule has 0 saturated carbocycles. The lowest BCUT2D eigenvalue weighted by Gasteiger charge is -2.13. The first kappa shape index (κ1) is 16.3. The number of imide groups is 1. The second-order valence-corrected chi connectivity index (χ2v) is 5.50. The molecule has 0 unspecified atom stereocenters. The van der Waals surface area contributed by atoms with E-state index in [2.05, 4.69) is 20.4 Å². The van der Waals surface area contributed by atoms with Gasteiger partial charge in [-0.3, -0.25) is 9.59 Å². The molecule has 1 aliphatic rings. The van der Waals surface area contributed by atoms with Gasteiger partial charge in [-0.15, -0.1) is 10.2 Å². The Morgan fingerprint density at radius 3 is 2.41 bits per heavy atom. The molecule has 0 radical (unpaired) electrons. The van der Waals surface area contributed by atoms with Gasteiger partial charge in [0.2, 0.25) is 5.89 Å². The average Bonchev–Trinajstić information content (AvgIpc) is 3.27. The number of benzene rings is 2. The lowest BCUT2D eigenvalue weighted by Crippen LogP contribution is -2.29. The first-order chi connectivity index (χ1) is 13.1. The standard InChI is InChI=1S/C18H11N5O4/c24-14-6-4-11(5-7-14)17-20-22-18(27-17)21-19-12-2-1-3-13(10-12)23-15(25)8-9-16(23)26/h1-10,24H. The van der Waals surface area contributed by atoms with Crippen LogP contribution in [0.2, 0.25) is 0 Å². The molecule has 4 rings (SSSR count). The number of carbonyl (C=O) groups excluding carboxylic acids is 2. The monoisotopic (exact) mass is 361 g/mol. The normalized spacial score (nSPS) is 13.9. The van der Waals surface area contributed by atoms with Crippen molar-refractivity contribution in [3.63, 3.8) is 0 Å². The first-order valence-electron chi connectivity index (χ1n) is 7.81. The number of azo groups is 1. The van der Waals surface area contributed by atoms with E-state index in [1.165, 1.54) is 24.3 Å². The predicted octanol–water partition coefficient (Wildman–Crippen LogP) is 3.29. The third-order valence-electron chi connectivity index (χ3n) is 3.68. The number of rotatable bonds is 4. The van der Waals surface area contributed by atoms with Gasteiger partial charge in [-0.1, -0.05) is 16.3 Å². The maximum atomic E-state index is 11.7. The Hall–Kier alpha value is -4.14. The zero-order valence-electron chi connectivity index (χ0n) is 13.7. The van der Waals surface area contributed by atoms with Gasteiger partial charge < -0.3 is 9.52 Å². The Kier molecular flexibility index (Phi) is 4.01. The molecule has 2 heterocycles. The number of hydrogen-bond acceptors (Lipinski definition) is 8. The summed E-state index contributed by atoms with van der Waals surface area (Å²) in [6, 6.07) is 12.7. The maximum absolute atomic E-state index is 11.7. The van der Waals surface area contributed by atoms with Crippen molar-refractivity contribution in [1.29, 1.82) is 0 Å². The zero-order chi connectivity index (χ0) is 18.8. The van der Waals surface area contributed by atoms with E-state index in [0.29, 0.717) is 16.9 Å². The van der Waals surface area contributed by atoms with E-state index in [9.17, 15) is 14.7 Å². The van der Waals surface area contributed by atoms with Crippen LogP contribution in [0.5, 0.6) is 5.75 Å². The van der Waals surface area contributed by atoms with E-state index in [-0.39, 0.29) is 17.7 Å². The maximum Gasteiger partial charge on any atom is 0.361 e. The highest BCUT2D eigenvalue weighted by Crippen LogP contribution is 2.27. The lowest BCUT2D eigenvalue weighted by molar-refractivity contribution is -0.119. The molecule has 0 spiro atoms. The van der Waals surface area contributed by atoms with Crippen LogP contribution in [0.25, 0.3) is 11.5 Å². The molecule has 1 N–H and O–H groups in total. The minimum absolute atomic E-state index is 0.0570. The molecule has 0 bridgehead atoms. The number of aromatic hydroxyl groups is 1. The summed E-state index contributed by atoms with van der Waals surface area (Å²) >= 11 is 0. The highest BCUT2D eigenvalue weighted by atomic mass is 16.4. The van der Waals surface area contributed by atoms with Gasteiger partial charge in [0.25, 0.3) is 11.8 Å². The number of aromatic nitrogens is 2. The number of carbonyl (C=O) groups is 2. The van der Waals surface area contributed by atoms with E-state index in [0.717, 1.165) is 4.90 Å². The number of nitrogens with zero attached hydrogens (tertiary/aromatic N) is 5. The molecule has 27 heavy (non-hydrogen) atoms. The van der Waals surface area contributed by atoms with Crippen LogP contribution in [0.3, 0.4) is 0 Å². The summed E-state index contributed by atoms with van der Waals surface area (Å²) in [6.07, 6.45) is 2.42. The number of phenolic OH excluding ortho intramolecular Hbond substituents is 1. The fraction of sp³-hybridized carbons (Fsp3) is 0. The molecule has 0 atom stereocenters. The van der Waals surface area contributed by atoms with E-state index in [1.54, 1.807) is 36.4 Å². The van der Waals surface area contributed by atoms with Crippen molar-refractivity contribution in [1.82, 2.24) is 10.2 Å². The summed E-state index contributed by atoms with van der Waals surface area (Å²) in [5, 5.41) is 24.8. The summed E-state index contributed by atoms with van der Waals surface area (Å²) in [6.45, 7) is 0. The van der Waals surface area contributed by atoms with E-state index >= 15 is 0 Å². The molecular formula is C18H11N5O4. The SMILES string of the molecule is O=C1C=CC(=O)N1c1cccc(N=Nc2nnc(-c3ccc(O)cc3)o2)c1. The molecule has 0 aliphatic carbocycles. The molecule has 132 valence electrons. The van der Waals surface area contributed by atoms with Gasteiger partial charge in [0.15, 0.2) is 0 Å². The Morgan fingerprint density at radius 2 is 1.67 bits per heavy atom. The van der Waals surface area contributed by atoms with Crippen molar-refractivity contribution in [3.8, 4) is 17.2 Å². The molecule has 1 aromatic heterocycles. The molecule has 9 heteroatoms. The Labute approximate surface area is 152 Å². The van der Waals surface area contributed by atoms with Gasteiger partial charge in [0.05, 0.1) is 11.4 Å². The fourth-order valence-corrected chi connectivity index (χ4v) is 2.43. The number of amides is 2. The molecule has 0 saturated heterocycles. The van der Waals surface area contributed by atoms with Crippen LogP contribution >= 0.6 is 0 Å². The van der Waals surface area contributed by atoms with Crippen LogP contribution in [0.1, 0.15) is 0 Å². The van der Waals surface area contributed by atoms with Crippen LogP contribution in [-0.2, 0) is 9.59 Å². The molecule has 1 aliphatic heterocycles. The van der Waals surface area contributed by atoms with E-state index in [1.807, 2.05) is 0 Å². The number of phenols is 1. The Balaban J connectivity index is 1.54. The van der Waals surface area contributed by atoms with Crippen LogP contribution in [0.4, 0.5) is 17.4 Å². The minimum Gasteiger partial charge on any atom is -0.508 e. The number of anilines is 1. The van der Waals surface area contributed by atoms with Crippen LogP contribution in [0.15, 0.2) is 75.3 Å². The first-order valence-corrected chi connectivity index (χ1v) is 7.81. The van der Waals surface area contributed by atoms with Crippen molar-refractivity contribution in [2.45, 2.75) is 0 Å². The van der Waals surface area contributed by atoms with Crippen molar-refractivity contribution < 1.29 is 19.1 Å². The van der Waals surface area contributed by atoms with Crippen molar-refractivity contribution in [2.75, 3.05) is 4.90 Å². The van der Waals surface area contributed by atoms with E-state index in [4.69, 9.17) is 4.42 Å². The summed E-state index contributed by atoms with van der Waals surface area (Å²) in [5.74, 6) is -0.464. The highest BCUT2D eigenvalue weighted by molar-refractivity contribution is 6.28. The van der Waals surface area contributed by atoms with Gasteiger partial charge in [0, 0.05) is 17.7 Å². The third kappa shape index (κ3) is 3.33. The fourth-order valence-electron chi connectivity index (χ4n) is 2.43. The Bertz CT molecular complexity index is 1070. The minimum atomic E-state index is -0.412. The van der Waals surface area contributed by atoms with Gasteiger partial charge in [-0.25, -0.2) is 4.90 Å². The predicted molar refractivity (Wildman–Crippen MR) is 93.6 cm³/mol. The van der Waals surface area contributed by atoms with Gasteiger partial charge >= 0.3 is 6.01 Å². The molecule has 3 aromatic rings. The second kappa shape index (κ2) is 6.64. The third-order valence-corrected chi connectivity index (χ3v) is 3.68. The van der Waals surface area contributed by atoms with Crippen molar-refractivity contribution in [3.05, 3.63) is 60.7 Å². The topological polar surface area (TPSA) is 121 Å². The van der Waals surface area contributed by atoms with E-state index < -0.39 is 11.8 Å². The number of hydrogen-bond donors (Lipinski definition) is 1. The van der Waals surface area contributed by atoms with Crippen molar-refractivity contribution >= 4 is 29.2 Å². The quantitative estimate of drug-likeness (QED) is 0.562. The molecule has 2 aromatic carbocycles. The van der Waals surface area contributed by atoms with Crippen LogP contribution in [0, 0.1) is 0 Å². The van der Waals surface area contributed by atoms with Crippen LogP contribution < -0.4 is 4.90 Å². The average molecular weight is 361 g/mol. The van der Waals surface area contributed by atoms with Gasteiger partial charge in [0.1, 0.15) is 5.75 Å². The summed E-state index contributed by atoms with van der Waals surface area (Å²) < 4.78 is 5.40. The zero-order valence-corrected chi connectivity index (χ0v) is 13.7. The highest BCUT2D eigenvalue weighted by Gasteiger charge is 2.25. The molecule has 0 fully saturated rings. The molecular weight excluding hydrogens is 350 g/mol. The summed E-state index contributed by atoms with van der Waals surface area (Å²) in [4.78, 5) is 24.5. The molecule has 9 nitrogen and oxygen atoms in total. The smallest absolute Gasteiger partial charge is 0.361 e.